The summed E-state index contributed by atoms with van der Waals surface area (Å²) >= 11 is 0. The van der Waals surface area contributed by atoms with E-state index in [0.717, 1.165) is 0 Å². The zero-order valence-corrected chi connectivity index (χ0v) is 15.9. The molecule has 2 fully saturated rings. The molecule has 8 heteroatoms. The van der Waals surface area contributed by atoms with E-state index in [4.69, 9.17) is 4.74 Å². The van der Waals surface area contributed by atoms with Gasteiger partial charge in [-0.3, -0.25) is 9.59 Å². The third-order valence-electron chi connectivity index (χ3n) is 5.23. The molecule has 1 aliphatic heterocycles. The minimum atomic E-state index is -1.28. The van der Waals surface area contributed by atoms with Crippen molar-refractivity contribution in [3.8, 4) is 0 Å². The highest BCUT2D eigenvalue weighted by molar-refractivity contribution is 5.98. The van der Waals surface area contributed by atoms with Crippen molar-refractivity contribution in [3.63, 3.8) is 0 Å². The van der Waals surface area contributed by atoms with Crippen molar-refractivity contribution in [1.29, 1.82) is 0 Å². The fraction of sp³-hybridized carbons (Fsp3) is 0.579. The van der Waals surface area contributed by atoms with Crippen LogP contribution in [0.1, 0.15) is 65.9 Å². The van der Waals surface area contributed by atoms with Gasteiger partial charge in [0.2, 0.25) is 0 Å². The maximum Gasteiger partial charge on any atom is 0.410 e. The average Bonchev–Trinajstić information content (AvgIpc) is 2.44. The second-order valence-electron chi connectivity index (χ2n) is 8.63. The standard InChI is InChI=1S/C19H24N2O6/c1-11-7-21(15(23)13(8-22)14(11)16(24)25)12-5-19(6-12)9-20(10-19)17(26)27-18(2,3)4/h7-8,12H,5-6,9-10H2,1-4H3,(H,24,25). The molecule has 27 heavy (non-hydrogen) atoms. The molecule has 2 heterocycles. The molecule has 1 aliphatic carbocycles. The number of pyridine rings is 1. The van der Waals surface area contributed by atoms with E-state index in [9.17, 15) is 24.3 Å². The van der Waals surface area contributed by atoms with Crippen LogP contribution in [0.15, 0.2) is 11.0 Å². The second kappa shape index (κ2) is 6.21. The predicted octanol–water partition coefficient (Wildman–Crippen LogP) is 2.24. The number of carbonyl (C=O) groups excluding carboxylic acids is 2. The van der Waals surface area contributed by atoms with Crippen molar-refractivity contribution in [2.45, 2.75) is 52.2 Å². The summed E-state index contributed by atoms with van der Waals surface area (Å²) in [5.74, 6) is -1.28. The van der Waals surface area contributed by atoms with Crippen LogP contribution in [0.5, 0.6) is 0 Å². The molecule has 1 aromatic rings. The first-order chi connectivity index (χ1) is 12.5. The van der Waals surface area contributed by atoms with Crippen molar-refractivity contribution in [2.75, 3.05) is 13.1 Å². The van der Waals surface area contributed by atoms with E-state index in [-0.39, 0.29) is 28.7 Å². The predicted molar refractivity (Wildman–Crippen MR) is 96.3 cm³/mol. The van der Waals surface area contributed by atoms with Gasteiger partial charge < -0.3 is 19.3 Å². The van der Waals surface area contributed by atoms with E-state index in [0.29, 0.717) is 37.8 Å². The number of aryl methyl sites for hydroxylation is 1. The Hall–Kier alpha value is -2.64. The summed E-state index contributed by atoms with van der Waals surface area (Å²) in [5, 5.41) is 9.24. The molecule has 2 aliphatic rings. The summed E-state index contributed by atoms with van der Waals surface area (Å²) in [5.41, 5.74) is -1.30. The number of aromatic carboxylic acids is 1. The number of carbonyl (C=O) groups is 3. The number of nitrogens with zero attached hydrogens (tertiary/aromatic N) is 2. The topological polar surface area (TPSA) is 106 Å². The highest BCUT2D eigenvalue weighted by Crippen LogP contribution is 2.54. The quantitative estimate of drug-likeness (QED) is 0.811. The van der Waals surface area contributed by atoms with Crippen LogP contribution < -0.4 is 5.56 Å². The molecule has 1 amide bonds. The van der Waals surface area contributed by atoms with Crippen LogP contribution in [0, 0.1) is 12.3 Å². The number of amides is 1. The minimum Gasteiger partial charge on any atom is -0.478 e. The number of ether oxygens (including phenoxy) is 1. The highest BCUT2D eigenvalue weighted by Gasteiger charge is 2.55. The van der Waals surface area contributed by atoms with Crippen molar-refractivity contribution in [3.05, 3.63) is 33.2 Å². The van der Waals surface area contributed by atoms with Gasteiger partial charge >= 0.3 is 12.1 Å². The Balaban J connectivity index is 1.70. The monoisotopic (exact) mass is 376 g/mol. The number of rotatable bonds is 3. The summed E-state index contributed by atoms with van der Waals surface area (Å²) in [7, 11) is 0. The molecule has 0 aromatic carbocycles. The van der Waals surface area contributed by atoms with Gasteiger partial charge in [-0.1, -0.05) is 0 Å². The van der Waals surface area contributed by atoms with Gasteiger partial charge in [0.05, 0.1) is 11.1 Å². The second-order valence-corrected chi connectivity index (χ2v) is 8.63. The Morgan fingerprint density at radius 1 is 1.30 bits per heavy atom. The smallest absolute Gasteiger partial charge is 0.410 e. The van der Waals surface area contributed by atoms with Gasteiger partial charge in [-0.15, -0.1) is 0 Å². The largest absolute Gasteiger partial charge is 0.478 e. The Bertz CT molecular complexity index is 865. The van der Waals surface area contributed by atoms with Gasteiger partial charge in [0.1, 0.15) is 5.60 Å². The molecule has 1 N–H and O–H groups in total. The van der Waals surface area contributed by atoms with Gasteiger partial charge in [-0.05, 0) is 46.1 Å². The summed E-state index contributed by atoms with van der Waals surface area (Å²) in [6, 6.07) is -0.0986. The van der Waals surface area contributed by atoms with Crippen molar-refractivity contribution >= 4 is 18.3 Å². The number of carboxylic acids is 1. The lowest BCUT2D eigenvalue weighted by molar-refractivity contribution is -0.0913. The third kappa shape index (κ3) is 3.36. The molecule has 1 aromatic heterocycles. The van der Waals surface area contributed by atoms with Gasteiger partial charge in [-0.25, -0.2) is 9.59 Å². The maximum atomic E-state index is 12.5. The zero-order chi connectivity index (χ0) is 20.1. The molecular formula is C19H24N2O6. The number of hydrogen-bond donors (Lipinski definition) is 1. The molecular weight excluding hydrogens is 352 g/mol. The Morgan fingerprint density at radius 3 is 2.37 bits per heavy atom. The lowest BCUT2D eigenvalue weighted by Crippen LogP contribution is -2.64. The first kappa shape index (κ1) is 19.1. The summed E-state index contributed by atoms with van der Waals surface area (Å²) in [4.78, 5) is 48.9. The van der Waals surface area contributed by atoms with Crippen molar-refractivity contribution in [2.24, 2.45) is 5.41 Å². The van der Waals surface area contributed by atoms with Crippen molar-refractivity contribution in [1.82, 2.24) is 9.47 Å². The Morgan fingerprint density at radius 2 is 1.89 bits per heavy atom. The number of hydrogen-bond acceptors (Lipinski definition) is 5. The summed E-state index contributed by atoms with van der Waals surface area (Å²) in [6.07, 6.45) is 2.91. The van der Waals surface area contributed by atoms with Crippen LogP contribution >= 0.6 is 0 Å². The molecule has 0 radical (unpaired) electrons. The summed E-state index contributed by atoms with van der Waals surface area (Å²) in [6.45, 7) is 8.20. The highest BCUT2D eigenvalue weighted by atomic mass is 16.6. The number of likely N-dealkylation sites (tertiary alicyclic amines) is 1. The van der Waals surface area contributed by atoms with Crippen LogP contribution in [0.25, 0.3) is 0 Å². The molecule has 1 saturated carbocycles. The molecule has 146 valence electrons. The molecule has 1 saturated heterocycles. The Labute approximate surface area is 156 Å². The maximum absolute atomic E-state index is 12.5. The first-order valence-electron chi connectivity index (χ1n) is 8.88. The van der Waals surface area contributed by atoms with E-state index in [2.05, 4.69) is 0 Å². The molecule has 0 bridgehead atoms. The zero-order valence-electron chi connectivity index (χ0n) is 15.9. The van der Waals surface area contributed by atoms with Gasteiger partial charge in [0.25, 0.3) is 5.56 Å². The average molecular weight is 376 g/mol. The molecule has 1 spiro atoms. The lowest BCUT2D eigenvalue weighted by atomic mass is 9.60. The number of carboxylic acid groups (broad SMARTS) is 1. The molecule has 0 atom stereocenters. The normalized spacial score (nSPS) is 18.6. The fourth-order valence-electron chi connectivity index (χ4n) is 4.07. The SMILES string of the molecule is Cc1cn(C2CC3(C2)CN(C(=O)OC(C)(C)C)C3)c(=O)c(C=O)c1C(=O)O. The molecule has 0 unspecified atom stereocenters. The third-order valence-corrected chi connectivity index (χ3v) is 5.23. The van der Waals surface area contributed by atoms with E-state index in [1.807, 2.05) is 20.8 Å². The van der Waals surface area contributed by atoms with Crippen LogP contribution in [0.4, 0.5) is 4.79 Å². The van der Waals surface area contributed by atoms with Crippen LogP contribution in [-0.2, 0) is 4.74 Å². The first-order valence-corrected chi connectivity index (χ1v) is 8.88. The lowest BCUT2D eigenvalue weighted by Gasteiger charge is -2.58. The molecule has 3 rings (SSSR count). The Kier molecular flexibility index (Phi) is 4.40. The van der Waals surface area contributed by atoms with Crippen LogP contribution in [0.2, 0.25) is 0 Å². The van der Waals surface area contributed by atoms with Gasteiger partial charge in [0, 0.05) is 30.7 Å². The van der Waals surface area contributed by atoms with E-state index >= 15 is 0 Å². The summed E-state index contributed by atoms with van der Waals surface area (Å²) < 4.78 is 6.82. The van der Waals surface area contributed by atoms with Gasteiger partial charge in [-0.2, -0.15) is 0 Å². The van der Waals surface area contributed by atoms with Crippen LogP contribution in [-0.4, -0.2) is 51.6 Å². The van der Waals surface area contributed by atoms with Crippen LogP contribution in [0.3, 0.4) is 0 Å². The fourth-order valence-corrected chi connectivity index (χ4v) is 4.07. The number of aromatic nitrogens is 1. The van der Waals surface area contributed by atoms with E-state index in [1.165, 1.54) is 10.8 Å². The van der Waals surface area contributed by atoms with Crippen molar-refractivity contribution < 1.29 is 24.2 Å². The minimum absolute atomic E-state index is 0.0261. The molecule has 8 nitrogen and oxygen atoms in total. The number of aldehydes is 1. The van der Waals surface area contributed by atoms with E-state index < -0.39 is 17.1 Å². The van der Waals surface area contributed by atoms with Gasteiger partial charge in [0.15, 0.2) is 6.29 Å². The van der Waals surface area contributed by atoms with E-state index in [1.54, 1.807) is 11.8 Å².